The van der Waals surface area contributed by atoms with Crippen LogP contribution in [0.25, 0.3) is 0 Å². The second-order valence-electron chi connectivity index (χ2n) is 4.69. The fraction of sp³-hybridized carbons (Fsp3) is 0.429. The van der Waals surface area contributed by atoms with Gasteiger partial charge in [0.25, 0.3) is 0 Å². The molecule has 1 aromatic carbocycles. The van der Waals surface area contributed by atoms with Crippen LogP contribution in [0, 0.1) is 0 Å². The van der Waals surface area contributed by atoms with E-state index in [0.29, 0.717) is 5.56 Å². The summed E-state index contributed by atoms with van der Waals surface area (Å²) in [5, 5.41) is 20.7. The van der Waals surface area contributed by atoms with E-state index in [1.54, 1.807) is 26.0 Å². The highest BCUT2D eigenvalue weighted by atomic mass is 16.5. The van der Waals surface area contributed by atoms with Gasteiger partial charge in [-0.2, -0.15) is 0 Å². The lowest BCUT2D eigenvalue weighted by atomic mass is 10.1. The predicted molar refractivity (Wildman–Crippen MR) is 72.5 cm³/mol. The number of carboxylic acid groups (broad SMARTS) is 1. The quantitative estimate of drug-likeness (QED) is 0.691. The first-order valence-electron chi connectivity index (χ1n) is 6.30. The summed E-state index contributed by atoms with van der Waals surface area (Å²) >= 11 is 0. The van der Waals surface area contributed by atoms with Gasteiger partial charge in [-0.15, -0.1) is 0 Å². The van der Waals surface area contributed by atoms with E-state index < -0.39 is 17.9 Å². The minimum absolute atomic E-state index is 0.0962. The summed E-state index contributed by atoms with van der Waals surface area (Å²) in [5.41, 5.74) is 0.709. The molecule has 0 unspecified atom stereocenters. The molecule has 1 rings (SSSR count). The van der Waals surface area contributed by atoms with Crippen LogP contribution in [0.15, 0.2) is 24.3 Å². The fourth-order valence-corrected chi connectivity index (χ4v) is 1.55. The summed E-state index contributed by atoms with van der Waals surface area (Å²) in [6, 6.07) is 5.14. The standard InChI is InChI=1S/C14H19NO5/c1-9(2)20-8-13(17)15-12(14(18)19)7-10-3-5-11(16)6-4-10/h3-6,9,12,16H,7-8H2,1-2H3,(H,15,17)(H,18,19)/t12-/m0/s1. The maximum atomic E-state index is 11.6. The van der Waals surface area contributed by atoms with Crippen LogP contribution >= 0.6 is 0 Å². The van der Waals surface area contributed by atoms with Crippen molar-refractivity contribution < 1.29 is 24.5 Å². The summed E-state index contributed by atoms with van der Waals surface area (Å²) in [7, 11) is 0. The van der Waals surface area contributed by atoms with E-state index in [-0.39, 0.29) is 24.9 Å². The molecule has 110 valence electrons. The van der Waals surface area contributed by atoms with Gasteiger partial charge in [0.1, 0.15) is 18.4 Å². The van der Waals surface area contributed by atoms with Crippen molar-refractivity contribution in [1.29, 1.82) is 0 Å². The number of hydrogen-bond donors (Lipinski definition) is 3. The first-order chi connectivity index (χ1) is 9.38. The smallest absolute Gasteiger partial charge is 0.326 e. The number of benzene rings is 1. The van der Waals surface area contributed by atoms with Gasteiger partial charge in [0.05, 0.1) is 6.10 Å². The van der Waals surface area contributed by atoms with E-state index in [2.05, 4.69) is 5.32 Å². The molecule has 3 N–H and O–H groups in total. The van der Waals surface area contributed by atoms with Crippen LogP contribution in [0.5, 0.6) is 5.75 Å². The predicted octanol–water partition coefficient (Wildman–Crippen LogP) is 0.929. The molecule has 1 amide bonds. The molecular weight excluding hydrogens is 262 g/mol. The lowest BCUT2D eigenvalue weighted by molar-refractivity contribution is -0.142. The molecule has 0 aromatic heterocycles. The Balaban J connectivity index is 2.58. The van der Waals surface area contributed by atoms with Crippen molar-refractivity contribution in [3.63, 3.8) is 0 Å². The molecule has 0 bridgehead atoms. The molecule has 0 spiro atoms. The zero-order valence-corrected chi connectivity index (χ0v) is 11.5. The molecule has 0 fully saturated rings. The number of carbonyl (C=O) groups is 2. The summed E-state index contributed by atoms with van der Waals surface area (Å²) in [6.45, 7) is 3.41. The molecule has 0 aliphatic rings. The molecule has 1 aromatic rings. The van der Waals surface area contributed by atoms with E-state index in [0.717, 1.165) is 0 Å². The summed E-state index contributed by atoms with van der Waals surface area (Å²) < 4.78 is 5.11. The van der Waals surface area contributed by atoms with Crippen LogP contribution in [-0.2, 0) is 20.7 Å². The molecule has 0 saturated heterocycles. The number of nitrogens with one attached hydrogen (secondary N) is 1. The lowest BCUT2D eigenvalue weighted by Crippen LogP contribution is -2.44. The van der Waals surface area contributed by atoms with Crippen LogP contribution < -0.4 is 5.32 Å². The average Bonchev–Trinajstić information content (AvgIpc) is 2.38. The van der Waals surface area contributed by atoms with Gasteiger partial charge in [-0.3, -0.25) is 4.79 Å². The number of rotatable bonds is 7. The Morgan fingerprint density at radius 1 is 1.25 bits per heavy atom. The molecule has 6 heteroatoms. The third kappa shape index (κ3) is 5.71. The van der Waals surface area contributed by atoms with Gasteiger partial charge in [-0.25, -0.2) is 4.79 Å². The molecule has 1 atom stereocenters. The van der Waals surface area contributed by atoms with Crippen LogP contribution in [0.3, 0.4) is 0 Å². The molecule has 0 saturated carbocycles. The number of ether oxygens (including phenoxy) is 1. The SMILES string of the molecule is CC(C)OCC(=O)N[C@@H](Cc1ccc(O)cc1)C(=O)O. The fourth-order valence-electron chi connectivity index (χ4n) is 1.55. The highest BCUT2D eigenvalue weighted by Crippen LogP contribution is 2.11. The maximum Gasteiger partial charge on any atom is 0.326 e. The average molecular weight is 281 g/mol. The molecular formula is C14H19NO5. The minimum atomic E-state index is -1.11. The first kappa shape index (κ1) is 16.0. The van der Waals surface area contributed by atoms with Crippen molar-refractivity contribution >= 4 is 11.9 Å². The summed E-state index contributed by atoms with van der Waals surface area (Å²) in [4.78, 5) is 22.7. The summed E-state index contributed by atoms with van der Waals surface area (Å²) in [6.07, 6.45) is 0.0457. The Hall–Kier alpha value is -2.08. The zero-order chi connectivity index (χ0) is 15.1. The van der Waals surface area contributed by atoms with E-state index >= 15 is 0 Å². The number of aromatic hydroxyl groups is 1. The number of carboxylic acids is 1. The molecule has 0 heterocycles. The number of aliphatic carboxylic acids is 1. The Morgan fingerprint density at radius 3 is 2.35 bits per heavy atom. The van der Waals surface area contributed by atoms with E-state index in [1.165, 1.54) is 12.1 Å². The molecule has 0 aliphatic heterocycles. The molecule has 0 aliphatic carbocycles. The molecule has 6 nitrogen and oxygen atoms in total. The highest BCUT2D eigenvalue weighted by molar-refractivity contribution is 5.84. The number of phenolic OH excluding ortho intramolecular Hbond substituents is 1. The van der Waals surface area contributed by atoms with Gasteiger partial charge in [-0.05, 0) is 31.5 Å². The van der Waals surface area contributed by atoms with Crippen molar-refractivity contribution in [1.82, 2.24) is 5.32 Å². The second kappa shape index (κ2) is 7.49. The minimum Gasteiger partial charge on any atom is -0.508 e. The topological polar surface area (TPSA) is 95.9 Å². The Morgan fingerprint density at radius 2 is 1.85 bits per heavy atom. The van der Waals surface area contributed by atoms with E-state index in [9.17, 15) is 9.59 Å². The number of phenols is 1. The van der Waals surface area contributed by atoms with Crippen molar-refractivity contribution in [3.8, 4) is 5.75 Å². The largest absolute Gasteiger partial charge is 0.508 e. The van der Waals surface area contributed by atoms with Crippen LogP contribution in [0.2, 0.25) is 0 Å². The van der Waals surface area contributed by atoms with E-state index in [4.69, 9.17) is 14.9 Å². The Kier molecular flexibility index (Phi) is 5.99. The molecule has 0 radical (unpaired) electrons. The second-order valence-corrected chi connectivity index (χ2v) is 4.69. The number of amides is 1. The Bertz CT molecular complexity index is 455. The highest BCUT2D eigenvalue weighted by Gasteiger charge is 2.20. The van der Waals surface area contributed by atoms with Crippen LogP contribution in [0.1, 0.15) is 19.4 Å². The van der Waals surface area contributed by atoms with Gasteiger partial charge in [0, 0.05) is 6.42 Å². The van der Waals surface area contributed by atoms with Gasteiger partial charge in [-0.1, -0.05) is 12.1 Å². The monoisotopic (exact) mass is 281 g/mol. The van der Waals surface area contributed by atoms with Crippen LogP contribution in [-0.4, -0.2) is 40.8 Å². The Labute approximate surface area is 117 Å². The van der Waals surface area contributed by atoms with Crippen molar-refractivity contribution in [2.24, 2.45) is 0 Å². The number of hydrogen-bond acceptors (Lipinski definition) is 4. The van der Waals surface area contributed by atoms with Gasteiger partial charge in [0.2, 0.25) is 5.91 Å². The van der Waals surface area contributed by atoms with Gasteiger partial charge < -0.3 is 20.3 Å². The summed E-state index contributed by atoms with van der Waals surface area (Å²) in [5.74, 6) is -1.48. The lowest BCUT2D eigenvalue weighted by Gasteiger charge is -2.15. The van der Waals surface area contributed by atoms with Crippen molar-refractivity contribution in [3.05, 3.63) is 29.8 Å². The van der Waals surface area contributed by atoms with Crippen LogP contribution in [0.4, 0.5) is 0 Å². The van der Waals surface area contributed by atoms with Gasteiger partial charge in [0.15, 0.2) is 0 Å². The first-order valence-corrected chi connectivity index (χ1v) is 6.30. The van der Waals surface area contributed by atoms with Crippen molar-refractivity contribution in [2.45, 2.75) is 32.4 Å². The normalized spacial score (nSPS) is 12.2. The van der Waals surface area contributed by atoms with E-state index in [1.807, 2.05) is 0 Å². The van der Waals surface area contributed by atoms with Gasteiger partial charge >= 0.3 is 5.97 Å². The number of carbonyl (C=O) groups excluding carboxylic acids is 1. The zero-order valence-electron chi connectivity index (χ0n) is 11.5. The third-order valence-electron chi connectivity index (χ3n) is 2.56. The maximum absolute atomic E-state index is 11.6. The third-order valence-corrected chi connectivity index (χ3v) is 2.56. The van der Waals surface area contributed by atoms with Crippen molar-refractivity contribution in [2.75, 3.05) is 6.61 Å². The molecule has 20 heavy (non-hydrogen) atoms.